The zero-order valence-electron chi connectivity index (χ0n) is 14.9. The predicted molar refractivity (Wildman–Crippen MR) is 94.5 cm³/mol. The normalized spacial score (nSPS) is 12.5. The highest BCUT2D eigenvalue weighted by molar-refractivity contribution is 5.33. The van der Waals surface area contributed by atoms with Crippen molar-refractivity contribution in [3.63, 3.8) is 0 Å². The number of benzene rings is 1. The summed E-state index contributed by atoms with van der Waals surface area (Å²) in [6.07, 6.45) is 1.01. The number of methoxy groups -OCH3 is 2. The maximum Gasteiger partial charge on any atom is 0.129 e. The number of para-hydroxylation sites is 1. The van der Waals surface area contributed by atoms with Crippen molar-refractivity contribution in [3.05, 3.63) is 54.0 Å². The molecule has 6 heteroatoms. The molecule has 1 heterocycles. The van der Waals surface area contributed by atoms with Gasteiger partial charge in [-0.1, -0.05) is 18.2 Å². The summed E-state index contributed by atoms with van der Waals surface area (Å²) >= 11 is 0. The lowest BCUT2D eigenvalue weighted by Crippen LogP contribution is -2.36. The van der Waals surface area contributed by atoms with E-state index in [4.69, 9.17) is 18.6 Å². The molecule has 0 fully saturated rings. The van der Waals surface area contributed by atoms with Crippen LogP contribution in [0.15, 0.2) is 47.1 Å². The quantitative estimate of drug-likeness (QED) is 0.634. The molecule has 1 N–H and O–H groups in total. The monoisotopic (exact) mass is 349 g/mol. The molecule has 6 nitrogen and oxygen atoms in total. The fraction of sp³-hybridized carbons (Fsp3) is 0.474. The van der Waals surface area contributed by atoms with E-state index in [0.717, 1.165) is 17.1 Å². The van der Waals surface area contributed by atoms with Crippen LogP contribution in [0.1, 0.15) is 11.3 Å². The topological polar surface area (TPSA) is 64.3 Å². The van der Waals surface area contributed by atoms with Gasteiger partial charge in [-0.2, -0.15) is 0 Å². The van der Waals surface area contributed by atoms with Gasteiger partial charge in [0.05, 0.1) is 32.7 Å². The zero-order valence-corrected chi connectivity index (χ0v) is 14.9. The van der Waals surface area contributed by atoms with Gasteiger partial charge >= 0.3 is 0 Å². The Morgan fingerprint density at radius 3 is 2.72 bits per heavy atom. The molecule has 2 rings (SSSR count). The van der Waals surface area contributed by atoms with Crippen molar-refractivity contribution >= 4 is 0 Å². The van der Waals surface area contributed by atoms with E-state index in [-0.39, 0.29) is 6.61 Å². The third-order valence-corrected chi connectivity index (χ3v) is 3.80. The van der Waals surface area contributed by atoms with E-state index in [9.17, 15) is 5.11 Å². The van der Waals surface area contributed by atoms with E-state index in [2.05, 4.69) is 4.90 Å². The van der Waals surface area contributed by atoms with Crippen molar-refractivity contribution in [1.82, 2.24) is 4.90 Å². The number of aliphatic hydroxyl groups excluding tert-OH is 1. The van der Waals surface area contributed by atoms with Crippen LogP contribution >= 0.6 is 0 Å². The molecule has 0 aliphatic carbocycles. The average molecular weight is 349 g/mol. The minimum Gasteiger partial charge on any atom is -0.496 e. The number of rotatable bonds is 12. The summed E-state index contributed by atoms with van der Waals surface area (Å²) in [5.41, 5.74) is 1.07. The smallest absolute Gasteiger partial charge is 0.129 e. The molecule has 0 radical (unpaired) electrons. The summed E-state index contributed by atoms with van der Waals surface area (Å²) in [7, 11) is 3.33. The van der Waals surface area contributed by atoms with Gasteiger partial charge in [-0.05, 0) is 18.2 Å². The molecule has 1 aromatic heterocycles. The van der Waals surface area contributed by atoms with Gasteiger partial charge in [0.1, 0.15) is 18.1 Å². The molecule has 25 heavy (non-hydrogen) atoms. The fourth-order valence-electron chi connectivity index (χ4n) is 2.57. The first-order valence-corrected chi connectivity index (χ1v) is 8.34. The molecule has 0 saturated carbocycles. The zero-order chi connectivity index (χ0) is 17.9. The Balaban J connectivity index is 1.85. The van der Waals surface area contributed by atoms with Gasteiger partial charge in [0.2, 0.25) is 0 Å². The third kappa shape index (κ3) is 6.88. The van der Waals surface area contributed by atoms with Crippen molar-refractivity contribution in [2.24, 2.45) is 0 Å². The average Bonchev–Trinajstić information content (AvgIpc) is 3.13. The van der Waals surface area contributed by atoms with Crippen molar-refractivity contribution < 1.29 is 23.7 Å². The van der Waals surface area contributed by atoms with Crippen LogP contribution in [0, 0.1) is 0 Å². The first-order valence-electron chi connectivity index (χ1n) is 8.34. The lowest BCUT2D eigenvalue weighted by molar-refractivity contribution is 0.000387. The Morgan fingerprint density at radius 1 is 1.16 bits per heavy atom. The maximum atomic E-state index is 10.3. The molecule has 1 atom stereocenters. The summed E-state index contributed by atoms with van der Waals surface area (Å²) in [6.45, 7) is 3.06. The summed E-state index contributed by atoms with van der Waals surface area (Å²) in [6, 6.07) is 11.5. The van der Waals surface area contributed by atoms with Gasteiger partial charge in [0, 0.05) is 32.3 Å². The largest absolute Gasteiger partial charge is 0.496 e. The van der Waals surface area contributed by atoms with Gasteiger partial charge in [-0.15, -0.1) is 0 Å². The van der Waals surface area contributed by atoms with Gasteiger partial charge < -0.3 is 23.7 Å². The lowest BCUT2D eigenvalue weighted by atomic mass is 10.1. The van der Waals surface area contributed by atoms with Gasteiger partial charge in [-0.3, -0.25) is 4.90 Å². The van der Waals surface area contributed by atoms with E-state index in [0.29, 0.717) is 32.8 Å². The van der Waals surface area contributed by atoms with Crippen LogP contribution in [0.2, 0.25) is 0 Å². The Labute approximate surface area is 148 Å². The molecule has 0 aliphatic rings. The molecule has 0 unspecified atom stereocenters. The van der Waals surface area contributed by atoms with Crippen molar-refractivity contribution in [1.29, 1.82) is 0 Å². The molecular formula is C19H27NO5. The standard InChI is InChI=1S/C19H27NO5/c1-22-11-9-20(12-16-6-3-4-8-19(16)23-2)13-17(21)14-24-15-18-7-5-10-25-18/h3-8,10,17,21H,9,11-15H2,1-2H3/t17-/m0/s1. The Kier molecular flexibility index (Phi) is 8.48. The van der Waals surface area contributed by atoms with Gasteiger partial charge in [0.25, 0.3) is 0 Å². The van der Waals surface area contributed by atoms with E-state index in [1.807, 2.05) is 36.4 Å². The van der Waals surface area contributed by atoms with Crippen molar-refractivity contribution in [2.45, 2.75) is 19.3 Å². The summed E-state index contributed by atoms with van der Waals surface area (Å²) in [4.78, 5) is 2.13. The fourth-order valence-corrected chi connectivity index (χ4v) is 2.57. The second-order valence-corrected chi connectivity index (χ2v) is 5.79. The van der Waals surface area contributed by atoms with Crippen molar-refractivity contribution in [2.75, 3.05) is 40.5 Å². The summed E-state index contributed by atoms with van der Waals surface area (Å²) < 4.78 is 21.3. The van der Waals surface area contributed by atoms with Crippen LogP contribution in [-0.2, 0) is 22.6 Å². The highest BCUT2D eigenvalue weighted by Gasteiger charge is 2.14. The summed E-state index contributed by atoms with van der Waals surface area (Å²) in [5, 5.41) is 10.3. The Bertz CT molecular complexity index is 587. The number of hydrogen-bond acceptors (Lipinski definition) is 6. The highest BCUT2D eigenvalue weighted by atomic mass is 16.5. The first-order chi connectivity index (χ1) is 12.2. The minimum absolute atomic E-state index is 0.246. The molecule has 2 aromatic rings. The molecule has 0 saturated heterocycles. The number of nitrogens with zero attached hydrogens (tertiary/aromatic N) is 1. The third-order valence-electron chi connectivity index (χ3n) is 3.80. The first kappa shape index (κ1) is 19.5. The number of ether oxygens (including phenoxy) is 3. The lowest BCUT2D eigenvalue weighted by Gasteiger charge is -2.25. The second kappa shape index (κ2) is 10.9. The van der Waals surface area contributed by atoms with Crippen LogP contribution in [0.25, 0.3) is 0 Å². The SMILES string of the molecule is COCCN(Cc1ccccc1OC)C[C@H](O)COCc1ccco1. The molecule has 0 spiro atoms. The van der Waals surface area contributed by atoms with Crippen LogP contribution < -0.4 is 4.74 Å². The number of furan rings is 1. The van der Waals surface area contributed by atoms with E-state index in [1.54, 1.807) is 20.5 Å². The molecule has 138 valence electrons. The molecule has 1 aromatic carbocycles. The van der Waals surface area contributed by atoms with Crippen LogP contribution in [0.3, 0.4) is 0 Å². The molecular weight excluding hydrogens is 322 g/mol. The van der Waals surface area contributed by atoms with Crippen LogP contribution in [-0.4, -0.2) is 56.6 Å². The van der Waals surface area contributed by atoms with Gasteiger partial charge in [-0.25, -0.2) is 0 Å². The second-order valence-electron chi connectivity index (χ2n) is 5.79. The number of aliphatic hydroxyl groups is 1. The van der Waals surface area contributed by atoms with Crippen LogP contribution in [0.4, 0.5) is 0 Å². The highest BCUT2D eigenvalue weighted by Crippen LogP contribution is 2.19. The van der Waals surface area contributed by atoms with Crippen molar-refractivity contribution in [3.8, 4) is 5.75 Å². The molecule has 0 amide bonds. The Hall–Kier alpha value is -1.86. The molecule has 0 aliphatic heterocycles. The minimum atomic E-state index is -0.596. The maximum absolute atomic E-state index is 10.3. The number of hydrogen-bond donors (Lipinski definition) is 1. The van der Waals surface area contributed by atoms with E-state index >= 15 is 0 Å². The van der Waals surface area contributed by atoms with Gasteiger partial charge in [0.15, 0.2) is 0 Å². The van der Waals surface area contributed by atoms with Crippen LogP contribution in [0.5, 0.6) is 5.75 Å². The van der Waals surface area contributed by atoms with E-state index < -0.39 is 6.10 Å². The summed E-state index contributed by atoms with van der Waals surface area (Å²) in [5.74, 6) is 1.59. The Morgan fingerprint density at radius 2 is 2.00 bits per heavy atom. The van der Waals surface area contributed by atoms with E-state index in [1.165, 1.54) is 0 Å². The molecule has 0 bridgehead atoms. The predicted octanol–water partition coefficient (Wildman–Crippen LogP) is 2.31.